The number of hydrogen-bond acceptors (Lipinski definition) is 7. The van der Waals surface area contributed by atoms with Crippen molar-refractivity contribution in [2.24, 2.45) is 0 Å². The van der Waals surface area contributed by atoms with Crippen LogP contribution >= 0.6 is 0 Å². The molecular weight excluding hydrogens is 424 g/mol. The first-order chi connectivity index (χ1) is 14.8. The van der Waals surface area contributed by atoms with Crippen LogP contribution in [0.3, 0.4) is 0 Å². The van der Waals surface area contributed by atoms with Crippen LogP contribution in [-0.2, 0) is 19.6 Å². The summed E-state index contributed by atoms with van der Waals surface area (Å²) in [5.74, 6) is -0.394. The number of ether oxygens (including phenoxy) is 3. The highest BCUT2D eigenvalue weighted by atomic mass is 32.2. The summed E-state index contributed by atoms with van der Waals surface area (Å²) < 4.78 is 44.3. The van der Waals surface area contributed by atoms with Gasteiger partial charge in [0.15, 0.2) is 17.6 Å². The van der Waals surface area contributed by atoms with Gasteiger partial charge in [-0.05, 0) is 44.0 Å². The lowest BCUT2D eigenvalue weighted by atomic mass is 10.2. The summed E-state index contributed by atoms with van der Waals surface area (Å²) in [5.41, 5.74) is 0.0341. The van der Waals surface area contributed by atoms with Crippen molar-refractivity contribution in [3.8, 4) is 11.5 Å². The van der Waals surface area contributed by atoms with Crippen LogP contribution in [0.1, 0.15) is 30.1 Å². The second-order valence-electron chi connectivity index (χ2n) is 7.29. The van der Waals surface area contributed by atoms with E-state index in [1.807, 2.05) is 0 Å². The average Bonchev–Trinajstić information content (AvgIpc) is 3.57. The third-order valence-electron chi connectivity index (χ3n) is 4.79. The van der Waals surface area contributed by atoms with Gasteiger partial charge in [0.1, 0.15) is 13.2 Å². The molecule has 10 heteroatoms. The topological polar surface area (TPSA) is 120 Å². The Morgan fingerprint density at radius 2 is 1.77 bits per heavy atom. The average molecular weight is 446 g/mol. The van der Waals surface area contributed by atoms with Crippen LogP contribution < -0.4 is 19.5 Å². The predicted octanol–water partition coefficient (Wildman–Crippen LogP) is 2.08. The number of hydrogen-bond donors (Lipinski definition) is 2. The number of rotatable bonds is 7. The molecule has 1 amide bonds. The number of esters is 1. The Bertz CT molecular complexity index is 1110. The van der Waals surface area contributed by atoms with Crippen LogP contribution in [0, 0.1) is 0 Å². The lowest BCUT2D eigenvalue weighted by Gasteiger charge is -2.19. The highest BCUT2D eigenvalue weighted by Crippen LogP contribution is 2.33. The number of fused-ring (bicyclic) bond motifs is 1. The molecule has 1 aliphatic heterocycles. The molecule has 0 spiro atoms. The van der Waals surface area contributed by atoms with Crippen molar-refractivity contribution < 1.29 is 32.2 Å². The second-order valence-corrected chi connectivity index (χ2v) is 8.97. The summed E-state index contributed by atoms with van der Waals surface area (Å²) in [4.78, 5) is 24.6. The van der Waals surface area contributed by atoms with Gasteiger partial charge in [0, 0.05) is 12.1 Å². The third-order valence-corrected chi connectivity index (χ3v) is 6.16. The van der Waals surface area contributed by atoms with E-state index in [0.29, 0.717) is 24.7 Å². The Morgan fingerprint density at radius 1 is 1.06 bits per heavy atom. The maximum absolute atomic E-state index is 12.9. The van der Waals surface area contributed by atoms with Crippen LogP contribution in [0.2, 0.25) is 0 Å². The summed E-state index contributed by atoms with van der Waals surface area (Å²) in [6.07, 6.45) is 0.823. The lowest BCUT2D eigenvalue weighted by molar-refractivity contribution is -0.129. The number of carbonyl (C=O) groups is 2. The van der Waals surface area contributed by atoms with E-state index in [9.17, 15) is 18.0 Å². The number of benzene rings is 2. The highest BCUT2D eigenvalue weighted by molar-refractivity contribution is 7.92. The first-order valence-electron chi connectivity index (χ1n) is 9.86. The fraction of sp³-hybridized carbons (Fsp3) is 0.333. The molecule has 4 rings (SSSR count). The zero-order chi connectivity index (χ0) is 22.0. The molecule has 31 heavy (non-hydrogen) atoms. The van der Waals surface area contributed by atoms with Crippen LogP contribution in [0.5, 0.6) is 11.5 Å². The molecule has 2 aromatic rings. The third kappa shape index (κ3) is 4.91. The van der Waals surface area contributed by atoms with Gasteiger partial charge in [0.25, 0.3) is 15.9 Å². The van der Waals surface area contributed by atoms with Gasteiger partial charge >= 0.3 is 5.97 Å². The first-order valence-corrected chi connectivity index (χ1v) is 11.3. The Balaban J connectivity index is 1.51. The molecule has 164 valence electrons. The van der Waals surface area contributed by atoms with E-state index >= 15 is 0 Å². The molecule has 2 aliphatic rings. The molecule has 1 aliphatic carbocycles. The molecule has 0 aromatic heterocycles. The molecule has 1 saturated carbocycles. The largest absolute Gasteiger partial charge is 0.486 e. The summed E-state index contributed by atoms with van der Waals surface area (Å²) >= 11 is 0. The first kappa shape index (κ1) is 21.0. The Kier molecular flexibility index (Phi) is 5.73. The predicted molar refractivity (Wildman–Crippen MR) is 111 cm³/mol. The van der Waals surface area contributed by atoms with E-state index in [-0.39, 0.29) is 28.1 Å². The van der Waals surface area contributed by atoms with Crippen molar-refractivity contribution in [1.82, 2.24) is 5.32 Å². The van der Waals surface area contributed by atoms with Crippen LogP contribution in [0.25, 0.3) is 0 Å². The maximum atomic E-state index is 12.9. The van der Waals surface area contributed by atoms with Gasteiger partial charge in [-0.3, -0.25) is 9.52 Å². The van der Waals surface area contributed by atoms with E-state index in [1.54, 1.807) is 12.1 Å². The number of amides is 1. The number of nitrogens with one attached hydrogen (secondary N) is 2. The van der Waals surface area contributed by atoms with Gasteiger partial charge in [-0.25, -0.2) is 13.2 Å². The Labute approximate surface area is 179 Å². The van der Waals surface area contributed by atoms with Crippen molar-refractivity contribution >= 4 is 27.6 Å². The van der Waals surface area contributed by atoms with Crippen molar-refractivity contribution in [2.75, 3.05) is 17.9 Å². The van der Waals surface area contributed by atoms with E-state index in [0.717, 1.165) is 12.8 Å². The molecule has 2 aromatic carbocycles. The molecule has 9 nitrogen and oxygen atoms in total. The quantitative estimate of drug-likeness (QED) is 0.625. The van der Waals surface area contributed by atoms with Crippen LogP contribution in [0.15, 0.2) is 47.4 Å². The van der Waals surface area contributed by atoms with Crippen molar-refractivity contribution in [2.45, 2.75) is 36.8 Å². The lowest BCUT2D eigenvalue weighted by Crippen LogP contribution is -2.37. The molecule has 1 unspecified atom stereocenters. The fourth-order valence-corrected chi connectivity index (χ4v) is 4.06. The Hall–Kier alpha value is -3.27. The highest BCUT2D eigenvalue weighted by Gasteiger charge is 2.28. The summed E-state index contributed by atoms with van der Waals surface area (Å²) in [5, 5.41) is 2.76. The minimum absolute atomic E-state index is 0.00492. The standard InChI is InChI=1S/C21H22N2O7S/c1-13(20(24)22-14-6-7-14)30-21(25)16-4-2-3-5-17(16)23-31(26,27)15-8-9-18-19(12-15)29-11-10-28-18/h2-5,8-9,12-14,23H,6-7,10-11H2,1H3,(H,22,24). The normalized spacial score (nSPS) is 16.2. The van der Waals surface area contributed by atoms with Crippen LogP contribution in [0.4, 0.5) is 5.69 Å². The molecular formula is C21H22N2O7S. The molecule has 0 radical (unpaired) electrons. The van der Waals surface area contributed by atoms with Gasteiger partial charge in [-0.2, -0.15) is 0 Å². The fourth-order valence-electron chi connectivity index (χ4n) is 2.97. The second kappa shape index (κ2) is 8.46. The molecule has 1 fully saturated rings. The van der Waals surface area contributed by atoms with Gasteiger partial charge in [-0.1, -0.05) is 12.1 Å². The number of anilines is 1. The van der Waals surface area contributed by atoms with E-state index in [4.69, 9.17) is 14.2 Å². The molecule has 2 N–H and O–H groups in total. The Morgan fingerprint density at radius 3 is 2.52 bits per heavy atom. The number of para-hydroxylation sites is 1. The van der Waals surface area contributed by atoms with Gasteiger partial charge < -0.3 is 19.5 Å². The molecule has 1 atom stereocenters. The minimum atomic E-state index is -4.03. The van der Waals surface area contributed by atoms with Gasteiger partial charge in [0.05, 0.1) is 16.1 Å². The SMILES string of the molecule is CC(OC(=O)c1ccccc1NS(=O)(=O)c1ccc2c(c1)OCCO2)C(=O)NC1CC1. The molecule has 1 heterocycles. The molecule has 0 saturated heterocycles. The smallest absolute Gasteiger partial charge is 0.341 e. The van der Waals surface area contributed by atoms with Gasteiger partial charge in [-0.15, -0.1) is 0 Å². The van der Waals surface area contributed by atoms with E-state index < -0.39 is 22.1 Å². The zero-order valence-corrected chi connectivity index (χ0v) is 17.6. The van der Waals surface area contributed by atoms with E-state index in [2.05, 4.69) is 10.0 Å². The summed E-state index contributed by atoms with van der Waals surface area (Å²) in [7, 11) is -4.03. The van der Waals surface area contributed by atoms with Crippen LogP contribution in [-0.4, -0.2) is 45.7 Å². The zero-order valence-electron chi connectivity index (χ0n) is 16.8. The molecule has 0 bridgehead atoms. The maximum Gasteiger partial charge on any atom is 0.341 e. The number of sulfonamides is 1. The minimum Gasteiger partial charge on any atom is -0.486 e. The van der Waals surface area contributed by atoms with Gasteiger partial charge in [0.2, 0.25) is 0 Å². The number of carbonyl (C=O) groups excluding carboxylic acids is 2. The monoisotopic (exact) mass is 446 g/mol. The van der Waals surface area contributed by atoms with E-state index in [1.165, 1.54) is 37.3 Å². The van der Waals surface area contributed by atoms with Crippen molar-refractivity contribution in [3.05, 3.63) is 48.0 Å². The van der Waals surface area contributed by atoms with Crippen molar-refractivity contribution in [1.29, 1.82) is 0 Å². The summed E-state index contributed by atoms with van der Waals surface area (Å²) in [6.45, 7) is 2.19. The van der Waals surface area contributed by atoms with Crippen molar-refractivity contribution in [3.63, 3.8) is 0 Å². The summed E-state index contributed by atoms with van der Waals surface area (Å²) in [6, 6.07) is 10.4.